The van der Waals surface area contributed by atoms with Crippen LogP contribution >= 0.6 is 0 Å². The summed E-state index contributed by atoms with van der Waals surface area (Å²) in [6.07, 6.45) is 3.05. The summed E-state index contributed by atoms with van der Waals surface area (Å²) < 4.78 is 0. The van der Waals surface area contributed by atoms with Crippen LogP contribution in [0.15, 0.2) is 85.1 Å². The van der Waals surface area contributed by atoms with Gasteiger partial charge in [0.1, 0.15) is 5.69 Å². The Morgan fingerprint density at radius 1 is 0.973 bits per heavy atom. The average molecular weight is 487 g/mol. The number of hydrogen-bond donors (Lipinski definition) is 2. The third-order valence-electron chi connectivity index (χ3n) is 8.04. The van der Waals surface area contributed by atoms with Gasteiger partial charge < -0.3 is 15.5 Å². The zero-order valence-electron chi connectivity index (χ0n) is 20.5. The van der Waals surface area contributed by atoms with Crippen molar-refractivity contribution in [3.8, 4) is 0 Å². The van der Waals surface area contributed by atoms with E-state index in [0.717, 1.165) is 28.3 Å². The van der Waals surface area contributed by atoms with Gasteiger partial charge in [0, 0.05) is 41.4 Å². The van der Waals surface area contributed by atoms with Crippen LogP contribution in [0.25, 0.3) is 0 Å². The van der Waals surface area contributed by atoms with Crippen molar-refractivity contribution in [3.63, 3.8) is 0 Å². The summed E-state index contributed by atoms with van der Waals surface area (Å²) >= 11 is 0. The Morgan fingerprint density at radius 2 is 1.76 bits per heavy atom. The lowest BCUT2D eigenvalue weighted by atomic mass is 9.79. The zero-order chi connectivity index (χ0) is 25.1. The predicted molar refractivity (Wildman–Crippen MR) is 145 cm³/mol. The van der Waals surface area contributed by atoms with E-state index in [-0.39, 0.29) is 11.8 Å². The summed E-state index contributed by atoms with van der Waals surface area (Å²) in [6.45, 7) is 2.80. The molecule has 1 aliphatic carbocycles. The fourth-order valence-corrected chi connectivity index (χ4v) is 6.22. The normalized spacial score (nSPS) is 20.9. The van der Waals surface area contributed by atoms with Gasteiger partial charge in [0.05, 0.1) is 5.41 Å². The standard InChI is InChI=1S/C31H26N4O2/c1-19-18-35(28-9-5-2-6-24(19)28)29(36)27-15-23(12-13-32-27)33-22-11-10-20-16-31(17-21(20)14-22)25-7-3-4-8-26(25)34-30(31)37/h2-15,19H,16-18H2,1H3,(H,32,33)(H,34,37). The highest BCUT2D eigenvalue weighted by Gasteiger charge is 2.50. The molecular formula is C31H26N4O2. The Morgan fingerprint density at radius 3 is 2.68 bits per heavy atom. The number of para-hydroxylation sites is 2. The van der Waals surface area contributed by atoms with E-state index >= 15 is 0 Å². The third kappa shape index (κ3) is 3.36. The molecule has 2 amide bonds. The molecule has 0 bridgehead atoms. The van der Waals surface area contributed by atoms with Crippen molar-refractivity contribution >= 4 is 34.6 Å². The molecule has 2 atom stereocenters. The SMILES string of the molecule is CC1CN(C(=O)c2cc(Nc3ccc4c(c3)CC3(C4)C(=O)Nc4ccccc43)ccn2)c2ccccc21. The largest absolute Gasteiger partial charge is 0.355 e. The first-order valence-electron chi connectivity index (χ1n) is 12.7. The average Bonchev–Trinajstić information content (AvgIpc) is 3.55. The van der Waals surface area contributed by atoms with Crippen molar-refractivity contribution in [1.29, 1.82) is 0 Å². The van der Waals surface area contributed by atoms with Gasteiger partial charge in [0.15, 0.2) is 0 Å². The lowest BCUT2D eigenvalue weighted by Crippen LogP contribution is -2.35. The molecule has 4 aromatic rings. The minimum absolute atomic E-state index is 0.0782. The number of pyridine rings is 1. The minimum atomic E-state index is -0.531. The molecule has 0 saturated carbocycles. The van der Waals surface area contributed by atoms with E-state index in [1.54, 1.807) is 6.20 Å². The first-order chi connectivity index (χ1) is 18.0. The Hall–Kier alpha value is -4.45. The van der Waals surface area contributed by atoms with E-state index in [2.05, 4.69) is 46.8 Å². The van der Waals surface area contributed by atoms with Crippen LogP contribution < -0.4 is 15.5 Å². The van der Waals surface area contributed by atoms with Crippen LogP contribution in [0, 0.1) is 0 Å². The number of carbonyl (C=O) groups is 2. The number of benzene rings is 3. The zero-order valence-corrected chi connectivity index (χ0v) is 20.5. The van der Waals surface area contributed by atoms with Gasteiger partial charge in [-0.25, -0.2) is 0 Å². The van der Waals surface area contributed by atoms with Gasteiger partial charge in [-0.2, -0.15) is 0 Å². The lowest BCUT2D eigenvalue weighted by Gasteiger charge is -2.20. The molecule has 6 nitrogen and oxygen atoms in total. The second-order valence-electron chi connectivity index (χ2n) is 10.3. The summed E-state index contributed by atoms with van der Waals surface area (Å²) in [6, 6.07) is 26.0. The van der Waals surface area contributed by atoms with Crippen LogP contribution in [0.4, 0.5) is 22.7 Å². The number of aromatic nitrogens is 1. The van der Waals surface area contributed by atoms with E-state index in [0.29, 0.717) is 31.0 Å². The monoisotopic (exact) mass is 486 g/mol. The molecular weight excluding hydrogens is 460 g/mol. The fraction of sp³-hybridized carbons (Fsp3) is 0.194. The first-order valence-corrected chi connectivity index (χ1v) is 12.7. The van der Waals surface area contributed by atoms with E-state index < -0.39 is 5.41 Å². The molecule has 1 aromatic heterocycles. The summed E-state index contributed by atoms with van der Waals surface area (Å²) in [5, 5.41) is 6.52. The molecule has 3 aliphatic rings. The molecule has 2 unspecified atom stereocenters. The van der Waals surface area contributed by atoms with Crippen molar-refractivity contribution in [2.75, 3.05) is 22.1 Å². The van der Waals surface area contributed by atoms with Crippen LogP contribution in [0.2, 0.25) is 0 Å². The van der Waals surface area contributed by atoms with E-state index in [4.69, 9.17) is 0 Å². The summed E-state index contributed by atoms with van der Waals surface area (Å²) in [5.41, 5.74) is 8.13. The highest BCUT2D eigenvalue weighted by Crippen LogP contribution is 2.47. The molecule has 2 N–H and O–H groups in total. The van der Waals surface area contributed by atoms with Crippen LogP contribution in [-0.2, 0) is 23.1 Å². The fourth-order valence-electron chi connectivity index (χ4n) is 6.22. The Labute approximate surface area is 215 Å². The molecule has 0 fully saturated rings. The van der Waals surface area contributed by atoms with Gasteiger partial charge >= 0.3 is 0 Å². The molecule has 37 heavy (non-hydrogen) atoms. The number of hydrogen-bond acceptors (Lipinski definition) is 4. The summed E-state index contributed by atoms with van der Waals surface area (Å²) in [7, 11) is 0. The molecule has 182 valence electrons. The molecule has 0 radical (unpaired) electrons. The highest BCUT2D eigenvalue weighted by atomic mass is 16.2. The number of rotatable bonds is 3. The third-order valence-corrected chi connectivity index (χ3v) is 8.04. The van der Waals surface area contributed by atoms with Crippen molar-refractivity contribution in [1.82, 2.24) is 4.98 Å². The second-order valence-corrected chi connectivity index (χ2v) is 10.3. The first kappa shape index (κ1) is 21.8. The van der Waals surface area contributed by atoms with Crippen molar-refractivity contribution < 1.29 is 9.59 Å². The second kappa shape index (κ2) is 8.03. The maximum Gasteiger partial charge on any atom is 0.276 e. The summed E-state index contributed by atoms with van der Waals surface area (Å²) in [4.78, 5) is 32.6. The van der Waals surface area contributed by atoms with Crippen LogP contribution in [-0.4, -0.2) is 23.3 Å². The maximum absolute atomic E-state index is 13.4. The number of nitrogens with one attached hydrogen (secondary N) is 2. The van der Waals surface area contributed by atoms with Crippen LogP contribution in [0.1, 0.15) is 45.6 Å². The van der Waals surface area contributed by atoms with Gasteiger partial charge in [-0.15, -0.1) is 0 Å². The van der Waals surface area contributed by atoms with Gasteiger partial charge in [-0.05, 0) is 71.5 Å². The molecule has 3 heterocycles. The summed E-state index contributed by atoms with van der Waals surface area (Å²) in [5.74, 6) is 0.279. The maximum atomic E-state index is 13.4. The minimum Gasteiger partial charge on any atom is -0.355 e. The van der Waals surface area contributed by atoms with Crippen LogP contribution in [0.3, 0.4) is 0 Å². The van der Waals surface area contributed by atoms with E-state index in [1.807, 2.05) is 59.5 Å². The number of anilines is 4. The number of amides is 2. The Bertz CT molecular complexity index is 1600. The quantitative estimate of drug-likeness (QED) is 0.397. The topological polar surface area (TPSA) is 74.3 Å². The van der Waals surface area contributed by atoms with E-state index in [9.17, 15) is 9.59 Å². The molecule has 2 aliphatic heterocycles. The van der Waals surface area contributed by atoms with Crippen molar-refractivity contribution in [3.05, 3.63) is 113 Å². The Balaban J connectivity index is 1.13. The smallest absolute Gasteiger partial charge is 0.276 e. The van der Waals surface area contributed by atoms with Crippen molar-refractivity contribution in [2.24, 2.45) is 0 Å². The molecule has 0 saturated heterocycles. The molecule has 1 spiro atoms. The molecule has 3 aromatic carbocycles. The van der Waals surface area contributed by atoms with Gasteiger partial charge in [0.25, 0.3) is 5.91 Å². The van der Waals surface area contributed by atoms with Gasteiger partial charge in [-0.1, -0.05) is 49.4 Å². The van der Waals surface area contributed by atoms with Crippen molar-refractivity contribution in [2.45, 2.75) is 31.1 Å². The number of nitrogens with zero attached hydrogens (tertiary/aromatic N) is 2. The highest BCUT2D eigenvalue weighted by molar-refractivity contribution is 6.08. The van der Waals surface area contributed by atoms with Gasteiger partial charge in [-0.3, -0.25) is 14.6 Å². The molecule has 7 rings (SSSR count). The lowest BCUT2D eigenvalue weighted by molar-refractivity contribution is -0.120. The molecule has 6 heteroatoms. The predicted octanol–water partition coefficient (Wildman–Crippen LogP) is 5.58. The van der Waals surface area contributed by atoms with Gasteiger partial charge in [0.2, 0.25) is 5.91 Å². The number of carbonyl (C=O) groups excluding carboxylic acids is 2. The van der Waals surface area contributed by atoms with Crippen LogP contribution in [0.5, 0.6) is 0 Å². The Kier molecular flexibility index (Phi) is 4.73. The van der Waals surface area contributed by atoms with E-state index in [1.165, 1.54) is 16.7 Å². The number of fused-ring (bicyclic) bond motifs is 4.